The van der Waals surface area contributed by atoms with Gasteiger partial charge in [0.25, 0.3) is 0 Å². The molecule has 0 saturated heterocycles. The molecule has 0 bridgehead atoms. The minimum Gasteiger partial charge on any atom is -0.293 e. The number of unbranched alkanes of at least 4 members (excludes halogenated alkanes) is 7. The molecule has 0 rings (SSSR count). The summed E-state index contributed by atoms with van der Waals surface area (Å²) < 4.78 is 0. The molecule has 0 aliphatic heterocycles. The SMILES string of the molecule is CCCCCCCCCCC(=N)Cl. The average molecular weight is 204 g/mol. The quantitative estimate of drug-likeness (QED) is 0.414. The third-order valence-electron chi connectivity index (χ3n) is 2.25. The van der Waals surface area contributed by atoms with Crippen molar-refractivity contribution in [2.75, 3.05) is 0 Å². The molecule has 1 nitrogen and oxygen atoms in total. The standard InChI is InChI=1S/C11H22ClN/c1-2-3-4-5-6-7-8-9-10-11(12)13/h13H,2-10H2,1H3. The summed E-state index contributed by atoms with van der Waals surface area (Å²) in [6, 6.07) is 0. The molecule has 0 aliphatic rings. The second kappa shape index (κ2) is 10.0. The fraction of sp³-hybridized carbons (Fsp3) is 0.909. The van der Waals surface area contributed by atoms with E-state index in [4.69, 9.17) is 17.0 Å². The summed E-state index contributed by atoms with van der Waals surface area (Å²) in [6.07, 6.45) is 11.3. The van der Waals surface area contributed by atoms with Gasteiger partial charge >= 0.3 is 0 Å². The van der Waals surface area contributed by atoms with Crippen molar-refractivity contribution in [3.8, 4) is 0 Å². The van der Waals surface area contributed by atoms with Crippen LogP contribution in [-0.2, 0) is 0 Å². The van der Waals surface area contributed by atoms with Gasteiger partial charge in [-0.2, -0.15) is 0 Å². The predicted molar refractivity (Wildman–Crippen MR) is 60.8 cm³/mol. The molecule has 0 aromatic rings. The van der Waals surface area contributed by atoms with E-state index in [9.17, 15) is 0 Å². The van der Waals surface area contributed by atoms with Crippen LogP contribution in [-0.4, -0.2) is 5.17 Å². The zero-order valence-electron chi connectivity index (χ0n) is 8.74. The third kappa shape index (κ3) is 12.0. The molecule has 0 unspecified atom stereocenters. The molecule has 78 valence electrons. The predicted octanol–water partition coefficient (Wildman–Crippen LogP) is 4.73. The lowest BCUT2D eigenvalue weighted by molar-refractivity contribution is 0.580. The van der Waals surface area contributed by atoms with Gasteiger partial charge < -0.3 is 0 Å². The van der Waals surface area contributed by atoms with E-state index in [2.05, 4.69) is 6.92 Å². The lowest BCUT2D eigenvalue weighted by Gasteiger charge is -2.00. The van der Waals surface area contributed by atoms with Gasteiger partial charge in [-0.05, 0) is 12.8 Å². The lowest BCUT2D eigenvalue weighted by Crippen LogP contribution is -1.85. The molecule has 13 heavy (non-hydrogen) atoms. The van der Waals surface area contributed by atoms with Crippen molar-refractivity contribution < 1.29 is 0 Å². The highest BCUT2D eigenvalue weighted by molar-refractivity contribution is 6.64. The van der Waals surface area contributed by atoms with Crippen molar-refractivity contribution in [3.05, 3.63) is 0 Å². The van der Waals surface area contributed by atoms with E-state index in [0.717, 1.165) is 12.8 Å². The number of rotatable bonds is 9. The second-order valence-corrected chi connectivity index (χ2v) is 4.09. The molecule has 0 saturated carbocycles. The largest absolute Gasteiger partial charge is 0.293 e. The summed E-state index contributed by atoms with van der Waals surface area (Å²) >= 11 is 5.44. The van der Waals surface area contributed by atoms with Gasteiger partial charge in [0.15, 0.2) is 0 Å². The van der Waals surface area contributed by atoms with E-state index in [1.54, 1.807) is 0 Å². The summed E-state index contributed by atoms with van der Waals surface area (Å²) in [6.45, 7) is 2.24. The van der Waals surface area contributed by atoms with Crippen LogP contribution in [0.4, 0.5) is 0 Å². The van der Waals surface area contributed by atoms with Crippen molar-refractivity contribution in [1.29, 1.82) is 5.41 Å². The summed E-state index contributed by atoms with van der Waals surface area (Å²) in [4.78, 5) is 0. The summed E-state index contributed by atoms with van der Waals surface area (Å²) in [5, 5.41) is 7.34. The Morgan fingerprint density at radius 1 is 0.923 bits per heavy atom. The third-order valence-corrected chi connectivity index (χ3v) is 2.44. The van der Waals surface area contributed by atoms with Gasteiger partial charge in [0, 0.05) is 0 Å². The van der Waals surface area contributed by atoms with E-state index in [0.29, 0.717) is 5.17 Å². The Kier molecular flexibility index (Phi) is 10.0. The summed E-state index contributed by atoms with van der Waals surface area (Å²) in [7, 11) is 0. The number of hydrogen-bond donors (Lipinski definition) is 1. The van der Waals surface area contributed by atoms with Gasteiger partial charge in [0.2, 0.25) is 0 Å². The van der Waals surface area contributed by atoms with Crippen LogP contribution in [0.5, 0.6) is 0 Å². The van der Waals surface area contributed by atoms with Gasteiger partial charge in [-0.15, -0.1) is 0 Å². The van der Waals surface area contributed by atoms with E-state index in [1.165, 1.54) is 44.9 Å². The number of hydrogen-bond acceptors (Lipinski definition) is 1. The van der Waals surface area contributed by atoms with Gasteiger partial charge in [0.05, 0.1) is 5.17 Å². The van der Waals surface area contributed by atoms with Crippen LogP contribution in [0.25, 0.3) is 0 Å². The Labute approximate surface area is 87.4 Å². The Morgan fingerprint density at radius 3 is 1.85 bits per heavy atom. The topological polar surface area (TPSA) is 23.9 Å². The maximum Gasteiger partial charge on any atom is 0.0968 e. The molecule has 2 heteroatoms. The first-order chi connectivity index (χ1) is 6.27. The Balaban J connectivity index is 2.87. The highest BCUT2D eigenvalue weighted by Gasteiger charge is 1.93. The van der Waals surface area contributed by atoms with Crippen LogP contribution in [0.2, 0.25) is 0 Å². The van der Waals surface area contributed by atoms with Crippen LogP contribution in [0.1, 0.15) is 64.7 Å². The lowest BCUT2D eigenvalue weighted by atomic mass is 10.1. The molecule has 0 aromatic heterocycles. The van der Waals surface area contributed by atoms with Crippen molar-refractivity contribution in [1.82, 2.24) is 0 Å². The smallest absolute Gasteiger partial charge is 0.0968 e. The van der Waals surface area contributed by atoms with Gasteiger partial charge in [-0.1, -0.05) is 63.5 Å². The minimum absolute atomic E-state index is 0.311. The number of halogens is 1. The average Bonchev–Trinajstić information content (AvgIpc) is 2.09. The van der Waals surface area contributed by atoms with Crippen LogP contribution in [0.3, 0.4) is 0 Å². The first-order valence-electron chi connectivity index (χ1n) is 5.50. The van der Waals surface area contributed by atoms with Gasteiger partial charge in [-0.3, -0.25) is 5.41 Å². The van der Waals surface area contributed by atoms with Crippen molar-refractivity contribution in [2.45, 2.75) is 64.7 Å². The van der Waals surface area contributed by atoms with E-state index in [-0.39, 0.29) is 0 Å². The fourth-order valence-electron chi connectivity index (χ4n) is 1.41. The van der Waals surface area contributed by atoms with Crippen LogP contribution < -0.4 is 0 Å². The molecule has 0 atom stereocenters. The van der Waals surface area contributed by atoms with Crippen LogP contribution >= 0.6 is 11.6 Å². The highest BCUT2D eigenvalue weighted by Crippen LogP contribution is 2.10. The molecule has 0 aromatic carbocycles. The minimum atomic E-state index is 0.311. The molecular formula is C11H22ClN. The second-order valence-electron chi connectivity index (χ2n) is 3.63. The molecular weight excluding hydrogens is 182 g/mol. The van der Waals surface area contributed by atoms with E-state index >= 15 is 0 Å². The first-order valence-corrected chi connectivity index (χ1v) is 5.88. The number of nitrogens with one attached hydrogen (secondary N) is 1. The van der Waals surface area contributed by atoms with Crippen LogP contribution in [0.15, 0.2) is 0 Å². The van der Waals surface area contributed by atoms with Crippen molar-refractivity contribution >= 4 is 16.8 Å². The van der Waals surface area contributed by atoms with E-state index in [1.807, 2.05) is 0 Å². The zero-order chi connectivity index (χ0) is 9.94. The molecule has 0 radical (unpaired) electrons. The Hall–Kier alpha value is -0.0400. The molecule has 0 amide bonds. The normalized spacial score (nSPS) is 10.3. The van der Waals surface area contributed by atoms with Crippen molar-refractivity contribution in [2.24, 2.45) is 0 Å². The summed E-state index contributed by atoms with van der Waals surface area (Å²) in [5.41, 5.74) is 0. The first kappa shape index (κ1) is 13.0. The highest BCUT2D eigenvalue weighted by atomic mass is 35.5. The molecule has 0 spiro atoms. The molecule has 0 fully saturated rings. The van der Waals surface area contributed by atoms with Gasteiger partial charge in [-0.25, -0.2) is 0 Å². The molecule has 1 N–H and O–H groups in total. The Morgan fingerprint density at radius 2 is 1.38 bits per heavy atom. The monoisotopic (exact) mass is 203 g/mol. The molecule has 0 heterocycles. The maximum absolute atomic E-state index is 7.03. The van der Waals surface area contributed by atoms with Gasteiger partial charge in [0.1, 0.15) is 0 Å². The molecule has 0 aliphatic carbocycles. The van der Waals surface area contributed by atoms with E-state index < -0.39 is 0 Å². The Bertz CT molecular complexity index is 123. The maximum atomic E-state index is 7.03. The summed E-state index contributed by atoms with van der Waals surface area (Å²) in [5.74, 6) is 0. The van der Waals surface area contributed by atoms with Crippen LogP contribution in [0, 0.1) is 5.41 Å². The zero-order valence-corrected chi connectivity index (χ0v) is 9.50. The van der Waals surface area contributed by atoms with Crippen molar-refractivity contribution in [3.63, 3.8) is 0 Å². The fourth-order valence-corrected chi connectivity index (χ4v) is 1.55.